The van der Waals surface area contributed by atoms with E-state index in [0.29, 0.717) is 0 Å². The van der Waals surface area contributed by atoms with Crippen LogP contribution in [0.4, 0.5) is 0 Å². The lowest BCUT2D eigenvalue weighted by Gasteiger charge is -2.38. The van der Waals surface area contributed by atoms with Crippen LogP contribution in [0.2, 0.25) is 0 Å². The SMILES string of the molecule is CCNCc1ccccc1OCCN1CCOC(C)(C)C1. The molecule has 1 aromatic rings. The van der Waals surface area contributed by atoms with E-state index in [0.717, 1.165) is 51.7 Å². The van der Waals surface area contributed by atoms with Gasteiger partial charge in [-0.25, -0.2) is 0 Å². The largest absolute Gasteiger partial charge is 0.492 e. The fraction of sp³-hybridized carbons (Fsp3) is 0.647. The molecule has 1 saturated heterocycles. The van der Waals surface area contributed by atoms with Gasteiger partial charge in [0.25, 0.3) is 0 Å². The Labute approximate surface area is 128 Å². The van der Waals surface area contributed by atoms with Crippen LogP contribution in [-0.2, 0) is 11.3 Å². The average Bonchev–Trinajstić information content (AvgIpc) is 2.45. The molecule has 4 heteroatoms. The molecular weight excluding hydrogens is 264 g/mol. The van der Waals surface area contributed by atoms with Crippen LogP contribution in [0.3, 0.4) is 0 Å². The summed E-state index contributed by atoms with van der Waals surface area (Å²) in [5.41, 5.74) is 1.18. The van der Waals surface area contributed by atoms with Gasteiger partial charge in [0.15, 0.2) is 0 Å². The van der Waals surface area contributed by atoms with Gasteiger partial charge in [-0.15, -0.1) is 0 Å². The molecule has 21 heavy (non-hydrogen) atoms. The second kappa shape index (κ2) is 7.78. The highest BCUT2D eigenvalue weighted by molar-refractivity contribution is 5.33. The van der Waals surface area contributed by atoms with Crippen molar-refractivity contribution >= 4 is 0 Å². The molecule has 2 rings (SSSR count). The topological polar surface area (TPSA) is 33.7 Å². The van der Waals surface area contributed by atoms with Gasteiger partial charge in [0.1, 0.15) is 12.4 Å². The second-order valence-electron chi connectivity index (χ2n) is 6.12. The molecule has 0 aromatic heterocycles. The highest BCUT2D eigenvalue weighted by Gasteiger charge is 2.26. The van der Waals surface area contributed by atoms with Crippen LogP contribution < -0.4 is 10.1 Å². The van der Waals surface area contributed by atoms with Crippen LogP contribution in [-0.4, -0.2) is 49.9 Å². The second-order valence-corrected chi connectivity index (χ2v) is 6.12. The zero-order valence-electron chi connectivity index (χ0n) is 13.5. The van der Waals surface area contributed by atoms with Crippen molar-refractivity contribution in [3.05, 3.63) is 29.8 Å². The van der Waals surface area contributed by atoms with E-state index in [-0.39, 0.29) is 5.60 Å². The summed E-state index contributed by atoms with van der Waals surface area (Å²) in [5, 5.41) is 3.35. The Hall–Kier alpha value is -1.10. The maximum atomic E-state index is 5.98. The average molecular weight is 292 g/mol. The van der Waals surface area contributed by atoms with Crippen molar-refractivity contribution in [2.45, 2.75) is 32.9 Å². The molecule has 1 heterocycles. The number of morpholine rings is 1. The number of para-hydroxylation sites is 1. The van der Waals surface area contributed by atoms with Crippen LogP contribution in [0.1, 0.15) is 26.3 Å². The highest BCUT2D eigenvalue weighted by atomic mass is 16.5. The molecule has 118 valence electrons. The minimum atomic E-state index is -0.0405. The summed E-state index contributed by atoms with van der Waals surface area (Å²) < 4.78 is 11.7. The number of hydrogen-bond donors (Lipinski definition) is 1. The first-order valence-corrected chi connectivity index (χ1v) is 7.88. The highest BCUT2D eigenvalue weighted by Crippen LogP contribution is 2.19. The third kappa shape index (κ3) is 5.30. The van der Waals surface area contributed by atoms with Gasteiger partial charge >= 0.3 is 0 Å². The third-order valence-electron chi connectivity index (χ3n) is 3.71. The molecule has 0 spiro atoms. The summed E-state index contributed by atoms with van der Waals surface area (Å²) in [6.45, 7) is 12.7. The molecule has 1 aromatic carbocycles. The number of benzene rings is 1. The first kappa shape index (κ1) is 16.3. The molecule has 1 aliphatic heterocycles. The van der Waals surface area contributed by atoms with E-state index in [1.807, 2.05) is 6.07 Å². The van der Waals surface area contributed by atoms with Gasteiger partial charge in [-0.05, 0) is 26.5 Å². The maximum absolute atomic E-state index is 5.98. The van der Waals surface area contributed by atoms with Crippen molar-refractivity contribution in [1.29, 1.82) is 0 Å². The maximum Gasteiger partial charge on any atom is 0.123 e. The standard InChI is InChI=1S/C17H28N2O2/c1-4-18-13-15-7-5-6-8-16(15)20-11-9-19-10-12-21-17(2,3)14-19/h5-8,18H,4,9-14H2,1-3H3. The molecule has 1 aliphatic rings. The lowest BCUT2D eigenvalue weighted by atomic mass is 10.1. The Morgan fingerprint density at radius 1 is 1.33 bits per heavy atom. The number of nitrogens with zero attached hydrogens (tertiary/aromatic N) is 1. The van der Waals surface area contributed by atoms with E-state index in [4.69, 9.17) is 9.47 Å². The number of nitrogens with one attached hydrogen (secondary N) is 1. The number of ether oxygens (including phenoxy) is 2. The van der Waals surface area contributed by atoms with Crippen molar-refractivity contribution < 1.29 is 9.47 Å². The Morgan fingerprint density at radius 2 is 2.14 bits per heavy atom. The number of rotatable bonds is 7. The van der Waals surface area contributed by atoms with E-state index >= 15 is 0 Å². The van der Waals surface area contributed by atoms with Crippen LogP contribution in [0, 0.1) is 0 Å². The zero-order chi connectivity index (χ0) is 15.1. The predicted molar refractivity (Wildman–Crippen MR) is 85.8 cm³/mol. The van der Waals surface area contributed by atoms with Crippen LogP contribution >= 0.6 is 0 Å². The van der Waals surface area contributed by atoms with E-state index in [9.17, 15) is 0 Å². The summed E-state index contributed by atoms with van der Waals surface area (Å²) in [4.78, 5) is 2.41. The molecule has 0 atom stereocenters. The van der Waals surface area contributed by atoms with Crippen molar-refractivity contribution in [1.82, 2.24) is 10.2 Å². The smallest absolute Gasteiger partial charge is 0.123 e. The Balaban J connectivity index is 1.80. The van der Waals surface area contributed by atoms with Crippen molar-refractivity contribution in [2.24, 2.45) is 0 Å². The normalized spacial score (nSPS) is 18.6. The summed E-state index contributed by atoms with van der Waals surface area (Å²) in [5.74, 6) is 0.992. The lowest BCUT2D eigenvalue weighted by molar-refractivity contribution is -0.0875. The molecule has 0 aliphatic carbocycles. The molecule has 0 saturated carbocycles. The fourth-order valence-corrected chi connectivity index (χ4v) is 2.64. The predicted octanol–water partition coefficient (Wildman–Crippen LogP) is 2.29. The van der Waals surface area contributed by atoms with Gasteiger partial charge in [-0.1, -0.05) is 25.1 Å². The first-order chi connectivity index (χ1) is 10.1. The molecule has 0 unspecified atom stereocenters. The number of hydrogen-bond acceptors (Lipinski definition) is 4. The van der Waals surface area contributed by atoms with Crippen molar-refractivity contribution in [2.75, 3.05) is 39.4 Å². The monoisotopic (exact) mass is 292 g/mol. The zero-order valence-corrected chi connectivity index (χ0v) is 13.5. The summed E-state index contributed by atoms with van der Waals surface area (Å²) >= 11 is 0. The molecule has 0 bridgehead atoms. The molecule has 4 nitrogen and oxygen atoms in total. The van der Waals surface area contributed by atoms with E-state index in [1.54, 1.807) is 0 Å². The van der Waals surface area contributed by atoms with Crippen molar-refractivity contribution in [3.8, 4) is 5.75 Å². The van der Waals surface area contributed by atoms with Gasteiger partial charge in [0.2, 0.25) is 0 Å². The molecule has 1 N–H and O–H groups in total. The minimum Gasteiger partial charge on any atom is -0.492 e. The van der Waals surface area contributed by atoms with Crippen LogP contribution in [0.15, 0.2) is 24.3 Å². The Bertz CT molecular complexity index is 435. The minimum absolute atomic E-state index is 0.0405. The van der Waals surface area contributed by atoms with Crippen molar-refractivity contribution in [3.63, 3.8) is 0 Å². The Morgan fingerprint density at radius 3 is 2.90 bits per heavy atom. The van der Waals surface area contributed by atoms with E-state index in [2.05, 4.69) is 49.2 Å². The third-order valence-corrected chi connectivity index (χ3v) is 3.71. The van der Waals surface area contributed by atoms with E-state index in [1.165, 1.54) is 5.56 Å². The lowest BCUT2D eigenvalue weighted by Crippen LogP contribution is -2.49. The Kier molecular flexibility index (Phi) is 6.03. The molecule has 0 amide bonds. The van der Waals surface area contributed by atoms with Crippen LogP contribution in [0.5, 0.6) is 5.75 Å². The quantitative estimate of drug-likeness (QED) is 0.836. The first-order valence-electron chi connectivity index (χ1n) is 7.88. The molecule has 1 fully saturated rings. The van der Waals surface area contributed by atoms with Gasteiger partial charge in [-0.2, -0.15) is 0 Å². The van der Waals surface area contributed by atoms with Gasteiger partial charge in [0, 0.05) is 31.7 Å². The van der Waals surface area contributed by atoms with E-state index < -0.39 is 0 Å². The summed E-state index contributed by atoms with van der Waals surface area (Å²) in [7, 11) is 0. The van der Waals surface area contributed by atoms with Gasteiger partial charge in [-0.3, -0.25) is 4.90 Å². The summed E-state index contributed by atoms with van der Waals surface area (Å²) in [6.07, 6.45) is 0. The molecule has 0 radical (unpaired) electrons. The molecular formula is C17H28N2O2. The fourth-order valence-electron chi connectivity index (χ4n) is 2.64. The summed E-state index contributed by atoms with van der Waals surface area (Å²) in [6, 6.07) is 8.26. The van der Waals surface area contributed by atoms with Gasteiger partial charge < -0.3 is 14.8 Å². The van der Waals surface area contributed by atoms with Crippen LogP contribution in [0.25, 0.3) is 0 Å². The van der Waals surface area contributed by atoms with Gasteiger partial charge in [0.05, 0.1) is 12.2 Å².